The van der Waals surface area contributed by atoms with E-state index in [1.807, 2.05) is 13.8 Å². The van der Waals surface area contributed by atoms with E-state index in [0.717, 1.165) is 17.2 Å². The van der Waals surface area contributed by atoms with Gasteiger partial charge in [0.1, 0.15) is 18.0 Å². The largest absolute Gasteiger partial charge is 0.455 e. The van der Waals surface area contributed by atoms with Crippen molar-refractivity contribution in [1.82, 2.24) is 4.98 Å². The average molecular weight is 666 g/mol. The van der Waals surface area contributed by atoms with Gasteiger partial charge in [0, 0.05) is 60.8 Å². The minimum Gasteiger partial charge on any atom is -0.455 e. The van der Waals surface area contributed by atoms with Gasteiger partial charge in [-0.1, -0.05) is 54.5 Å². The maximum Gasteiger partial charge on any atom is 0.416 e. The SMILES string of the molecule is CC(=O)O[C@H]1c2nc(C(C)C)c3c(c2C(O[Si](C)(C)C(C)(C)C)CC1(C)C)C1(CCOCC1)O[C@@H]3c1ccc(C(F)(F)F)cc1F. The van der Waals surface area contributed by atoms with Gasteiger partial charge in [0.15, 0.2) is 8.32 Å². The van der Waals surface area contributed by atoms with Gasteiger partial charge < -0.3 is 18.6 Å². The zero-order valence-corrected chi connectivity index (χ0v) is 29.6. The van der Waals surface area contributed by atoms with Crippen molar-refractivity contribution in [3.05, 3.63) is 63.2 Å². The van der Waals surface area contributed by atoms with Crippen molar-refractivity contribution in [2.24, 2.45) is 5.41 Å². The van der Waals surface area contributed by atoms with Gasteiger partial charge in [-0.3, -0.25) is 9.78 Å². The number of hydrogen-bond acceptors (Lipinski definition) is 6. The Morgan fingerprint density at radius 2 is 1.72 bits per heavy atom. The fraction of sp³-hybridized carbons (Fsp3) is 0.657. The number of fused-ring (bicyclic) bond motifs is 4. The third kappa shape index (κ3) is 6.05. The molecule has 0 amide bonds. The molecular formula is C35H47F4NO5Si. The summed E-state index contributed by atoms with van der Waals surface area (Å²) in [7, 11) is -2.39. The summed E-state index contributed by atoms with van der Waals surface area (Å²) < 4.78 is 82.4. The van der Waals surface area contributed by atoms with Gasteiger partial charge in [-0.15, -0.1) is 0 Å². The van der Waals surface area contributed by atoms with Crippen LogP contribution in [0.2, 0.25) is 18.1 Å². The van der Waals surface area contributed by atoms with Crippen LogP contribution in [-0.2, 0) is 35.2 Å². The molecule has 1 aromatic carbocycles. The predicted octanol–water partition coefficient (Wildman–Crippen LogP) is 9.59. The normalized spacial score (nSPS) is 24.2. The molecule has 3 aliphatic rings. The standard InChI is InChI=1S/C35H47F4NO5Si/c1-19(2)28-26-27(34(13-15-42-16-14-34)44-30(26)22-12-11-21(17-23(22)36)35(37,38)39)25-24(45-46(9,10)32(4,5)6)18-33(7,8)31(29(25)40-28)43-20(3)41/h11-12,17,19,24,30-31H,13-16,18H2,1-10H3/t24?,30-,31+/m1/s1. The molecule has 0 bridgehead atoms. The Morgan fingerprint density at radius 1 is 1.09 bits per heavy atom. The van der Waals surface area contributed by atoms with Crippen LogP contribution in [0.5, 0.6) is 0 Å². The summed E-state index contributed by atoms with van der Waals surface area (Å²) in [5.41, 5.74) is 1.05. The van der Waals surface area contributed by atoms with E-state index in [0.29, 0.717) is 55.5 Å². The number of aromatic nitrogens is 1. The molecule has 1 aromatic heterocycles. The summed E-state index contributed by atoms with van der Waals surface area (Å²) in [6, 6.07) is 2.62. The Kier molecular flexibility index (Phi) is 8.87. The lowest BCUT2D eigenvalue weighted by Gasteiger charge is -2.48. The number of carbonyl (C=O) groups is 1. The summed E-state index contributed by atoms with van der Waals surface area (Å²) in [6.45, 7) is 21.1. The second kappa shape index (κ2) is 11.7. The Balaban J connectivity index is 1.86. The number of carbonyl (C=O) groups excluding carboxylic acids is 1. The Hall–Kier alpha value is -2.34. The van der Waals surface area contributed by atoms with E-state index in [1.165, 1.54) is 13.0 Å². The van der Waals surface area contributed by atoms with E-state index in [4.69, 9.17) is 23.6 Å². The van der Waals surface area contributed by atoms with E-state index in [1.54, 1.807) is 0 Å². The molecule has 5 rings (SSSR count). The van der Waals surface area contributed by atoms with E-state index in [-0.39, 0.29) is 16.5 Å². The third-order valence-electron chi connectivity index (χ3n) is 10.4. The molecule has 6 nitrogen and oxygen atoms in total. The first-order valence-electron chi connectivity index (χ1n) is 16.1. The van der Waals surface area contributed by atoms with Crippen molar-refractivity contribution in [3.8, 4) is 0 Å². The molecule has 3 atom stereocenters. The highest BCUT2D eigenvalue weighted by Crippen LogP contribution is 2.61. The molecule has 0 saturated carbocycles. The van der Waals surface area contributed by atoms with E-state index in [2.05, 4.69) is 47.7 Å². The van der Waals surface area contributed by atoms with Crippen LogP contribution in [0, 0.1) is 11.2 Å². The number of hydrogen-bond donors (Lipinski definition) is 0. The fourth-order valence-corrected chi connectivity index (χ4v) is 8.26. The molecular weight excluding hydrogens is 618 g/mol. The second-order valence-electron chi connectivity index (χ2n) is 15.6. The molecule has 0 N–H and O–H groups in total. The van der Waals surface area contributed by atoms with Crippen LogP contribution < -0.4 is 0 Å². The second-order valence-corrected chi connectivity index (χ2v) is 20.4. The lowest BCUT2D eigenvalue weighted by atomic mass is 9.68. The highest BCUT2D eigenvalue weighted by Gasteiger charge is 2.56. The summed E-state index contributed by atoms with van der Waals surface area (Å²) in [5, 5.41) is -0.114. The molecule has 1 aliphatic carbocycles. The fourth-order valence-electron chi connectivity index (χ4n) is 6.99. The van der Waals surface area contributed by atoms with Crippen molar-refractivity contribution in [3.63, 3.8) is 0 Å². The van der Waals surface area contributed by atoms with Crippen molar-refractivity contribution >= 4 is 14.3 Å². The summed E-state index contributed by atoms with van der Waals surface area (Å²) in [6.07, 6.45) is -5.35. The molecule has 0 radical (unpaired) electrons. The van der Waals surface area contributed by atoms with Crippen molar-refractivity contribution in [2.75, 3.05) is 13.2 Å². The first-order chi connectivity index (χ1) is 21.1. The van der Waals surface area contributed by atoms with E-state index < -0.39 is 61.2 Å². The molecule has 1 fully saturated rings. The molecule has 11 heteroatoms. The number of halogens is 4. The minimum atomic E-state index is -4.69. The average Bonchev–Trinajstić information content (AvgIpc) is 3.22. The van der Waals surface area contributed by atoms with Crippen molar-refractivity contribution in [1.29, 1.82) is 0 Å². The molecule has 1 saturated heterocycles. The van der Waals surface area contributed by atoms with Crippen molar-refractivity contribution in [2.45, 2.75) is 129 Å². The number of nitrogens with zero attached hydrogens (tertiary/aromatic N) is 1. The number of benzene rings is 1. The maximum atomic E-state index is 15.8. The Labute approximate surface area is 270 Å². The molecule has 254 valence electrons. The first kappa shape index (κ1) is 35.0. The number of esters is 1. The quantitative estimate of drug-likeness (QED) is 0.180. The van der Waals surface area contributed by atoms with Gasteiger partial charge in [-0.25, -0.2) is 4.39 Å². The van der Waals surface area contributed by atoms with Crippen LogP contribution in [0.3, 0.4) is 0 Å². The zero-order valence-electron chi connectivity index (χ0n) is 28.6. The smallest absolute Gasteiger partial charge is 0.416 e. The lowest BCUT2D eigenvalue weighted by Crippen LogP contribution is -2.46. The molecule has 3 heterocycles. The molecule has 1 spiro atoms. The predicted molar refractivity (Wildman–Crippen MR) is 168 cm³/mol. The molecule has 2 aromatic rings. The highest BCUT2D eigenvalue weighted by molar-refractivity contribution is 6.74. The molecule has 2 aliphatic heterocycles. The van der Waals surface area contributed by atoms with Crippen LogP contribution in [0.25, 0.3) is 0 Å². The van der Waals surface area contributed by atoms with Crippen LogP contribution >= 0.6 is 0 Å². The van der Waals surface area contributed by atoms with Gasteiger partial charge in [0.25, 0.3) is 0 Å². The zero-order chi connectivity index (χ0) is 34.2. The van der Waals surface area contributed by atoms with Crippen LogP contribution in [0.1, 0.15) is 138 Å². The van der Waals surface area contributed by atoms with E-state index in [9.17, 15) is 18.0 Å². The van der Waals surface area contributed by atoms with Crippen LogP contribution in [0.4, 0.5) is 17.6 Å². The highest BCUT2D eigenvalue weighted by atomic mass is 28.4. The van der Waals surface area contributed by atoms with Gasteiger partial charge >= 0.3 is 12.1 Å². The summed E-state index contributed by atoms with van der Waals surface area (Å²) >= 11 is 0. The van der Waals surface area contributed by atoms with Gasteiger partial charge in [-0.2, -0.15) is 13.2 Å². The van der Waals surface area contributed by atoms with Crippen LogP contribution in [0.15, 0.2) is 18.2 Å². The summed E-state index contributed by atoms with van der Waals surface area (Å²) in [4.78, 5) is 17.8. The molecule has 1 unspecified atom stereocenters. The monoisotopic (exact) mass is 665 g/mol. The van der Waals surface area contributed by atoms with Crippen molar-refractivity contribution < 1.29 is 41.0 Å². The number of rotatable bonds is 5. The van der Waals surface area contributed by atoms with Gasteiger partial charge in [0.05, 0.1) is 23.0 Å². The minimum absolute atomic E-state index is 0.0239. The number of pyridine rings is 1. The maximum absolute atomic E-state index is 15.8. The summed E-state index contributed by atoms with van der Waals surface area (Å²) in [5.74, 6) is -1.58. The number of ether oxygens (including phenoxy) is 3. The third-order valence-corrected chi connectivity index (χ3v) is 14.9. The molecule has 46 heavy (non-hydrogen) atoms. The van der Waals surface area contributed by atoms with Gasteiger partial charge in [0.2, 0.25) is 0 Å². The lowest BCUT2D eigenvalue weighted by molar-refractivity contribution is -0.156. The topological polar surface area (TPSA) is 66.9 Å². The van der Waals surface area contributed by atoms with Gasteiger partial charge in [-0.05, 0) is 48.2 Å². The first-order valence-corrected chi connectivity index (χ1v) is 19.1. The Morgan fingerprint density at radius 3 is 2.24 bits per heavy atom. The Bertz CT molecular complexity index is 1510. The van der Waals surface area contributed by atoms with Crippen LogP contribution in [-0.4, -0.2) is 32.5 Å². The number of alkyl halides is 3. The van der Waals surface area contributed by atoms with E-state index >= 15 is 4.39 Å².